The molecule has 0 heterocycles. The largest absolute Gasteiger partial charge is 0.326 e. The van der Waals surface area contributed by atoms with Crippen molar-refractivity contribution in [2.75, 3.05) is 0 Å². The van der Waals surface area contributed by atoms with Gasteiger partial charge < -0.3 is 5.73 Å². The molecule has 1 aliphatic carbocycles. The molecule has 106 valence electrons. The van der Waals surface area contributed by atoms with Gasteiger partial charge in [-0.15, -0.1) is 0 Å². The predicted molar refractivity (Wildman–Crippen MR) is 66.8 cm³/mol. The summed E-state index contributed by atoms with van der Waals surface area (Å²) in [6.45, 7) is 1.90. The lowest BCUT2D eigenvalue weighted by atomic mass is 10.2. The van der Waals surface area contributed by atoms with E-state index in [0.717, 1.165) is 25.0 Å². The molecule has 0 amide bonds. The number of nitrogens with one attached hydrogen (secondary N) is 1. The molecule has 7 heteroatoms. The van der Waals surface area contributed by atoms with Crippen LogP contribution in [0, 0.1) is 17.6 Å². The number of sulfonamides is 1. The smallest absolute Gasteiger partial charge is 0.243 e. The van der Waals surface area contributed by atoms with Gasteiger partial charge in [-0.1, -0.05) is 13.3 Å². The van der Waals surface area contributed by atoms with E-state index in [1.54, 1.807) is 0 Å². The average Bonchev–Trinajstić information content (AvgIpc) is 3.09. The van der Waals surface area contributed by atoms with Crippen LogP contribution in [0.4, 0.5) is 8.78 Å². The second-order valence-corrected chi connectivity index (χ2v) is 6.41. The summed E-state index contributed by atoms with van der Waals surface area (Å²) < 4.78 is 53.4. The molecule has 1 aliphatic rings. The molecular weight excluding hydrogens is 274 g/mol. The van der Waals surface area contributed by atoms with Gasteiger partial charge in [0.2, 0.25) is 10.0 Å². The average molecular weight is 290 g/mol. The van der Waals surface area contributed by atoms with E-state index >= 15 is 0 Å². The maximum atomic E-state index is 13.6. The zero-order valence-electron chi connectivity index (χ0n) is 10.5. The minimum absolute atomic E-state index is 0.0548. The molecule has 0 aromatic heterocycles. The monoisotopic (exact) mass is 290 g/mol. The minimum atomic E-state index is -4.05. The van der Waals surface area contributed by atoms with E-state index in [4.69, 9.17) is 5.73 Å². The van der Waals surface area contributed by atoms with Crippen LogP contribution in [0.1, 0.15) is 25.3 Å². The molecule has 2 atom stereocenters. The van der Waals surface area contributed by atoms with Gasteiger partial charge in [0.25, 0.3) is 0 Å². The summed E-state index contributed by atoms with van der Waals surface area (Å²) >= 11 is 0. The standard InChI is InChI=1S/C12H16F2N2O2S/c1-2-8-5-10(8)16-19(17,18)11-4-7(6-15)3-9(13)12(11)14/h3-4,8,10,16H,2,5-6,15H2,1H3. The van der Waals surface area contributed by atoms with E-state index in [2.05, 4.69) is 4.72 Å². The van der Waals surface area contributed by atoms with Crippen LogP contribution in [0.3, 0.4) is 0 Å². The topological polar surface area (TPSA) is 72.2 Å². The van der Waals surface area contributed by atoms with E-state index in [9.17, 15) is 17.2 Å². The normalized spacial score (nSPS) is 22.5. The van der Waals surface area contributed by atoms with Gasteiger partial charge in [-0.3, -0.25) is 0 Å². The highest BCUT2D eigenvalue weighted by molar-refractivity contribution is 7.89. The van der Waals surface area contributed by atoms with Crippen molar-refractivity contribution in [2.24, 2.45) is 11.7 Å². The van der Waals surface area contributed by atoms with E-state index in [-0.39, 0.29) is 24.1 Å². The van der Waals surface area contributed by atoms with Gasteiger partial charge in [-0.05, 0) is 30.0 Å². The SMILES string of the molecule is CCC1CC1NS(=O)(=O)c1cc(CN)cc(F)c1F. The Morgan fingerprint density at radius 2 is 2.11 bits per heavy atom. The van der Waals surface area contributed by atoms with Crippen LogP contribution < -0.4 is 10.5 Å². The van der Waals surface area contributed by atoms with Crippen molar-refractivity contribution in [3.8, 4) is 0 Å². The summed E-state index contributed by atoms with van der Waals surface area (Å²) in [5.74, 6) is -2.29. The van der Waals surface area contributed by atoms with E-state index in [0.29, 0.717) is 0 Å². The highest BCUT2D eigenvalue weighted by atomic mass is 32.2. The zero-order valence-corrected chi connectivity index (χ0v) is 11.3. The molecule has 0 aliphatic heterocycles. The number of hydrogen-bond acceptors (Lipinski definition) is 3. The molecule has 2 unspecified atom stereocenters. The lowest BCUT2D eigenvalue weighted by Crippen LogP contribution is -2.28. The zero-order chi connectivity index (χ0) is 14.2. The molecule has 0 spiro atoms. The molecular formula is C12H16F2N2O2S. The van der Waals surface area contributed by atoms with Crippen molar-refractivity contribution in [1.29, 1.82) is 0 Å². The van der Waals surface area contributed by atoms with Gasteiger partial charge in [0.15, 0.2) is 11.6 Å². The Labute approximate surface area is 111 Å². The van der Waals surface area contributed by atoms with Crippen molar-refractivity contribution < 1.29 is 17.2 Å². The van der Waals surface area contributed by atoms with Gasteiger partial charge in [0.05, 0.1) is 0 Å². The lowest BCUT2D eigenvalue weighted by molar-refractivity contribution is 0.481. The van der Waals surface area contributed by atoms with Crippen LogP contribution in [0.15, 0.2) is 17.0 Å². The van der Waals surface area contributed by atoms with Crippen molar-refractivity contribution in [3.05, 3.63) is 29.3 Å². The van der Waals surface area contributed by atoms with Crippen LogP contribution in [0.2, 0.25) is 0 Å². The first-order valence-corrected chi connectivity index (χ1v) is 7.57. The fourth-order valence-electron chi connectivity index (χ4n) is 2.04. The van der Waals surface area contributed by atoms with Gasteiger partial charge in [-0.2, -0.15) is 0 Å². The summed E-state index contributed by atoms with van der Waals surface area (Å²) in [7, 11) is -4.05. The highest BCUT2D eigenvalue weighted by Gasteiger charge is 2.39. The molecule has 19 heavy (non-hydrogen) atoms. The second-order valence-electron chi connectivity index (χ2n) is 4.73. The third-order valence-electron chi connectivity index (χ3n) is 3.33. The quantitative estimate of drug-likeness (QED) is 0.863. The number of rotatable bonds is 5. The Balaban J connectivity index is 2.32. The molecule has 1 aromatic rings. The van der Waals surface area contributed by atoms with E-state index in [1.807, 2.05) is 6.92 Å². The lowest BCUT2D eigenvalue weighted by Gasteiger charge is -2.09. The fourth-order valence-corrected chi connectivity index (χ4v) is 3.49. The maximum Gasteiger partial charge on any atom is 0.243 e. The minimum Gasteiger partial charge on any atom is -0.326 e. The van der Waals surface area contributed by atoms with Gasteiger partial charge in [0, 0.05) is 12.6 Å². The first-order valence-electron chi connectivity index (χ1n) is 6.09. The van der Waals surface area contributed by atoms with Gasteiger partial charge >= 0.3 is 0 Å². The van der Waals surface area contributed by atoms with Gasteiger partial charge in [0.1, 0.15) is 4.90 Å². The number of nitrogens with two attached hydrogens (primary N) is 1. The summed E-state index contributed by atoms with van der Waals surface area (Å²) in [5.41, 5.74) is 5.57. The van der Waals surface area contributed by atoms with Crippen molar-refractivity contribution >= 4 is 10.0 Å². The number of benzene rings is 1. The maximum absolute atomic E-state index is 13.6. The Morgan fingerprint density at radius 3 is 2.63 bits per heavy atom. The Bertz CT molecular complexity index is 590. The highest BCUT2D eigenvalue weighted by Crippen LogP contribution is 2.34. The van der Waals surface area contributed by atoms with E-state index < -0.39 is 26.6 Å². The Morgan fingerprint density at radius 1 is 1.42 bits per heavy atom. The molecule has 2 rings (SSSR count). The number of halogens is 2. The third-order valence-corrected chi connectivity index (χ3v) is 4.82. The van der Waals surface area contributed by atoms with Gasteiger partial charge in [-0.25, -0.2) is 21.9 Å². The molecule has 1 fully saturated rings. The fraction of sp³-hybridized carbons (Fsp3) is 0.500. The van der Waals surface area contributed by atoms with Crippen LogP contribution >= 0.6 is 0 Å². The Kier molecular flexibility index (Phi) is 3.89. The summed E-state index contributed by atoms with van der Waals surface area (Å²) in [6.07, 6.45) is 1.59. The summed E-state index contributed by atoms with van der Waals surface area (Å²) in [4.78, 5) is -0.672. The van der Waals surface area contributed by atoms with Crippen LogP contribution in [-0.4, -0.2) is 14.5 Å². The Hall–Kier alpha value is -1.05. The molecule has 0 saturated heterocycles. The third kappa shape index (κ3) is 2.93. The summed E-state index contributed by atoms with van der Waals surface area (Å²) in [6, 6.07) is 1.80. The molecule has 4 nitrogen and oxygen atoms in total. The second kappa shape index (κ2) is 5.15. The van der Waals surface area contributed by atoms with E-state index in [1.165, 1.54) is 0 Å². The number of hydrogen-bond donors (Lipinski definition) is 2. The van der Waals surface area contributed by atoms with Crippen molar-refractivity contribution in [3.63, 3.8) is 0 Å². The first-order chi connectivity index (χ1) is 8.89. The van der Waals surface area contributed by atoms with Crippen molar-refractivity contribution in [1.82, 2.24) is 4.72 Å². The van der Waals surface area contributed by atoms with Crippen LogP contribution in [0.5, 0.6) is 0 Å². The first kappa shape index (κ1) is 14.4. The van der Waals surface area contributed by atoms with Crippen molar-refractivity contribution in [2.45, 2.75) is 37.2 Å². The van der Waals surface area contributed by atoms with Crippen LogP contribution in [-0.2, 0) is 16.6 Å². The predicted octanol–water partition coefficient (Wildman–Crippen LogP) is 1.50. The molecule has 1 saturated carbocycles. The summed E-state index contributed by atoms with van der Waals surface area (Å²) in [5, 5.41) is 0. The molecule has 0 radical (unpaired) electrons. The molecule has 1 aromatic carbocycles. The molecule has 0 bridgehead atoms. The van der Waals surface area contributed by atoms with Crippen LogP contribution in [0.25, 0.3) is 0 Å². The molecule has 3 N–H and O–H groups in total.